The van der Waals surface area contributed by atoms with Crippen LogP contribution in [0.2, 0.25) is 0 Å². The van der Waals surface area contributed by atoms with E-state index >= 15 is 0 Å². The van der Waals surface area contributed by atoms with Crippen molar-refractivity contribution in [2.45, 2.75) is 0 Å². The highest BCUT2D eigenvalue weighted by atomic mass is 16.6. The number of hydrogen-bond acceptors (Lipinski definition) is 6. The Morgan fingerprint density at radius 2 is 1.81 bits per heavy atom. The Morgan fingerprint density at radius 3 is 2.19 bits per heavy atom. The van der Waals surface area contributed by atoms with Crippen LogP contribution in [0.1, 0.15) is 10.4 Å². The number of benzene rings is 1. The van der Waals surface area contributed by atoms with Crippen LogP contribution >= 0.6 is 0 Å². The maximum Gasteiger partial charge on any atom is 0.318 e. The molecule has 16 heavy (non-hydrogen) atoms. The number of amides is 1. The molecule has 0 saturated heterocycles. The first-order valence-corrected chi connectivity index (χ1v) is 3.80. The summed E-state index contributed by atoms with van der Waals surface area (Å²) >= 11 is 0. The predicted molar refractivity (Wildman–Crippen MR) is 49.9 cm³/mol. The topological polar surface area (TPSA) is 150 Å². The normalized spacial score (nSPS) is 9.75. The van der Waals surface area contributed by atoms with Gasteiger partial charge in [0, 0.05) is 6.07 Å². The van der Waals surface area contributed by atoms with Gasteiger partial charge in [-0.3, -0.25) is 25.0 Å². The van der Waals surface area contributed by atoms with Crippen LogP contribution in [-0.2, 0) is 0 Å². The smallest absolute Gasteiger partial charge is 0.318 e. The minimum absolute atomic E-state index is 0.543. The monoisotopic (exact) mass is 227 g/mol. The third-order valence-corrected chi connectivity index (χ3v) is 1.75. The van der Waals surface area contributed by atoms with E-state index in [1.807, 2.05) is 0 Å². The van der Waals surface area contributed by atoms with Crippen LogP contribution in [0.3, 0.4) is 0 Å². The van der Waals surface area contributed by atoms with Crippen molar-refractivity contribution >= 4 is 17.3 Å². The van der Waals surface area contributed by atoms with Gasteiger partial charge in [0.25, 0.3) is 11.6 Å². The zero-order valence-corrected chi connectivity index (χ0v) is 7.61. The van der Waals surface area contributed by atoms with Gasteiger partial charge in [-0.2, -0.15) is 0 Å². The number of phenols is 1. The lowest BCUT2D eigenvalue weighted by atomic mass is 10.1. The van der Waals surface area contributed by atoms with Crippen LogP contribution in [-0.4, -0.2) is 20.9 Å². The Balaban J connectivity index is 3.57. The molecule has 84 valence electrons. The number of hydrogen-bond donors (Lipinski definition) is 2. The largest absolute Gasteiger partial charge is 0.502 e. The number of rotatable bonds is 3. The Labute approximate surface area is 87.4 Å². The molecule has 9 nitrogen and oxygen atoms in total. The van der Waals surface area contributed by atoms with E-state index in [0.717, 1.165) is 0 Å². The minimum Gasteiger partial charge on any atom is -0.502 e. The highest BCUT2D eigenvalue weighted by molar-refractivity contribution is 5.97. The van der Waals surface area contributed by atoms with Crippen LogP contribution in [0, 0.1) is 20.2 Å². The Morgan fingerprint density at radius 1 is 1.25 bits per heavy atom. The number of aromatic hydroxyl groups is 1. The highest BCUT2D eigenvalue weighted by Crippen LogP contribution is 2.33. The predicted octanol–water partition coefficient (Wildman–Crippen LogP) is 0.307. The van der Waals surface area contributed by atoms with Gasteiger partial charge in [0.05, 0.1) is 21.5 Å². The molecule has 0 bridgehead atoms. The van der Waals surface area contributed by atoms with Crippen molar-refractivity contribution in [2.24, 2.45) is 5.73 Å². The molecule has 3 N–H and O–H groups in total. The number of carbonyl (C=O) groups is 1. The van der Waals surface area contributed by atoms with E-state index in [1.54, 1.807) is 0 Å². The zero-order chi connectivity index (χ0) is 12.5. The number of nitrogens with zero attached hydrogens (tertiary/aromatic N) is 2. The van der Waals surface area contributed by atoms with Gasteiger partial charge in [-0.25, -0.2) is 0 Å². The van der Waals surface area contributed by atoms with Crippen molar-refractivity contribution in [1.29, 1.82) is 0 Å². The van der Waals surface area contributed by atoms with E-state index in [9.17, 15) is 30.1 Å². The molecule has 0 aromatic heterocycles. The lowest BCUT2D eigenvalue weighted by Crippen LogP contribution is -2.12. The number of nitro groups is 2. The van der Waals surface area contributed by atoms with Crippen LogP contribution in [0.5, 0.6) is 5.75 Å². The molecule has 0 aliphatic rings. The average Bonchev–Trinajstić information content (AvgIpc) is 2.16. The molecule has 0 radical (unpaired) electrons. The maximum atomic E-state index is 10.8. The van der Waals surface area contributed by atoms with Gasteiger partial charge in [0.1, 0.15) is 0 Å². The van der Waals surface area contributed by atoms with Gasteiger partial charge in [0.15, 0.2) is 0 Å². The number of primary amides is 1. The van der Waals surface area contributed by atoms with E-state index in [0.29, 0.717) is 12.1 Å². The second-order valence-electron chi connectivity index (χ2n) is 2.74. The molecule has 1 aromatic rings. The molecule has 1 rings (SSSR count). The lowest BCUT2D eigenvalue weighted by molar-refractivity contribution is -0.394. The summed E-state index contributed by atoms with van der Waals surface area (Å²) in [5, 5.41) is 30.1. The summed E-state index contributed by atoms with van der Waals surface area (Å²) in [4.78, 5) is 29.7. The molecule has 1 aromatic carbocycles. The molecule has 0 spiro atoms. The number of carbonyl (C=O) groups excluding carboxylic acids is 1. The van der Waals surface area contributed by atoms with E-state index in [4.69, 9.17) is 5.73 Å². The highest BCUT2D eigenvalue weighted by Gasteiger charge is 2.25. The molecule has 1 amide bonds. The van der Waals surface area contributed by atoms with Gasteiger partial charge in [0.2, 0.25) is 5.75 Å². The molecule has 0 fully saturated rings. The molecule has 0 saturated carbocycles. The number of nitrogens with two attached hydrogens (primary N) is 1. The average molecular weight is 227 g/mol. The molecule has 0 aliphatic heterocycles. The fourth-order valence-electron chi connectivity index (χ4n) is 1.04. The Kier molecular flexibility index (Phi) is 2.70. The van der Waals surface area contributed by atoms with E-state index in [2.05, 4.69) is 0 Å². The molecular formula is C7H5N3O6. The third kappa shape index (κ3) is 1.87. The van der Waals surface area contributed by atoms with Gasteiger partial charge in [-0.05, 0) is 0 Å². The van der Waals surface area contributed by atoms with Crippen molar-refractivity contribution in [3.8, 4) is 5.75 Å². The van der Waals surface area contributed by atoms with Crippen LogP contribution < -0.4 is 5.73 Å². The second kappa shape index (κ2) is 3.81. The van der Waals surface area contributed by atoms with Crippen molar-refractivity contribution in [3.63, 3.8) is 0 Å². The summed E-state index contributed by atoms with van der Waals surface area (Å²) in [7, 11) is 0. The first kappa shape index (κ1) is 11.4. The molecule has 9 heteroatoms. The Hall–Kier alpha value is -2.71. The van der Waals surface area contributed by atoms with Gasteiger partial charge in [-0.1, -0.05) is 0 Å². The molecule has 0 aliphatic carbocycles. The quantitative estimate of drug-likeness (QED) is 0.560. The number of nitro benzene ring substituents is 2. The Bertz CT molecular complexity index is 462. The summed E-state index contributed by atoms with van der Waals surface area (Å²) in [6.07, 6.45) is 0. The zero-order valence-electron chi connectivity index (χ0n) is 7.61. The summed E-state index contributed by atoms with van der Waals surface area (Å²) in [6.45, 7) is 0. The van der Waals surface area contributed by atoms with Crippen LogP contribution in [0.4, 0.5) is 11.4 Å². The first-order chi connectivity index (χ1) is 7.34. The fraction of sp³-hybridized carbons (Fsp3) is 0. The van der Waals surface area contributed by atoms with Gasteiger partial charge < -0.3 is 10.8 Å². The summed E-state index contributed by atoms with van der Waals surface area (Å²) < 4.78 is 0. The first-order valence-electron chi connectivity index (χ1n) is 3.80. The third-order valence-electron chi connectivity index (χ3n) is 1.75. The van der Waals surface area contributed by atoms with Crippen molar-refractivity contribution in [1.82, 2.24) is 0 Å². The van der Waals surface area contributed by atoms with Crippen molar-refractivity contribution in [2.75, 3.05) is 0 Å². The molecule has 0 atom stereocenters. The van der Waals surface area contributed by atoms with Crippen molar-refractivity contribution < 1.29 is 19.7 Å². The van der Waals surface area contributed by atoms with Crippen molar-refractivity contribution in [3.05, 3.63) is 37.9 Å². The van der Waals surface area contributed by atoms with E-state index < -0.39 is 38.4 Å². The minimum atomic E-state index is -1.19. The molecule has 0 unspecified atom stereocenters. The van der Waals surface area contributed by atoms with Gasteiger partial charge >= 0.3 is 5.69 Å². The van der Waals surface area contributed by atoms with Crippen LogP contribution in [0.25, 0.3) is 0 Å². The fourth-order valence-corrected chi connectivity index (χ4v) is 1.04. The van der Waals surface area contributed by atoms with E-state index in [1.165, 1.54) is 0 Å². The SMILES string of the molecule is NC(=O)c1cc([N+](=O)[O-])cc([N+](=O)[O-])c1O. The van der Waals surface area contributed by atoms with Crippen LogP contribution in [0.15, 0.2) is 12.1 Å². The number of non-ortho nitro benzene ring substituents is 1. The summed E-state index contributed by atoms with van der Waals surface area (Å²) in [6, 6.07) is 1.21. The lowest BCUT2D eigenvalue weighted by Gasteiger charge is -2.01. The molecular weight excluding hydrogens is 222 g/mol. The standard InChI is InChI=1S/C7H5N3O6/c8-7(12)4-1-3(9(13)14)2-5(6(4)11)10(15)16/h1-2,11H,(H2,8,12). The maximum absolute atomic E-state index is 10.8. The molecule has 0 heterocycles. The summed E-state index contributed by atoms with van der Waals surface area (Å²) in [5.41, 5.74) is 2.51. The van der Waals surface area contributed by atoms with Gasteiger partial charge in [-0.15, -0.1) is 0 Å². The second-order valence-corrected chi connectivity index (χ2v) is 2.74. The summed E-state index contributed by atoms with van der Waals surface area (Å²) in [5.74, 6) is -2.17. The van der Waals surface area contributed by atoms with E-state index in [-0.39, 0.29) is 0 Å².